The van der Waals surface area contributed by atoms with Crippen molar-refractivity contribution in [3.8, 4) is 17.0 Å². The molecule has 2 atom stereocenters. The third kappa shape index (κ3) is 5.92. The zero-order valence-corrected chi connectivity index (χ0v) is 17.3. The number of carbonyl (C=O) groups is 1. The summed E-state index contributed by atoms with van der Waals surface area (Å²) in [4.78, 5) is 17.0. The Hall–Kier alpha value is -2.15. The average Bonchev–Trinajstić information content (AvgIpc) is 2.74. The summed E-state index contributed by atoms with van der Waals surface area (Å²) in [5, 5.41) is 13.7. The van der Waals surface area contributed by atoms with Gasteiger partial charge in [-0.25, -0.2) is 4.98 Å². The number of carbonyl (C=O) groups excluding carboxylic acids is 1. The Bertz CT molecular complexity index is 813. The van der Waals surface area contributed by atoms with Gasteiger partial charge in [-0.05, 0) is 36.6 Å². The molecule has 1 heterocycles. The lowest BCUT2D eigenvalue weighted by Crippen LogP contribution is -2.36. The van der Waals surface area contributed by atoms with Crippen molar-refractivity contribution in [1.82, 2.24) is 10.3 Å². The second-order valence-electron chi connectivity index (χ2n) is 7.25. The van der Waals surface area contributed by atoms with E-state index in [0.717, 1.165) is 31.2 Å². The van der Waals surface area contributed by atoms with Crippen molar-refractivity contribution in [2.75, 3.05) is 26.9 Å². The standard InChI is InChI=1S/C22H27ClN2O4/c1-28-10-11-29-22-19(15-6-8-18(23)9-7-15)12-17(14-25-22)21(27)24-13-16-4-2-3-5-20(16)26/h6-9,12,14,16,20,26H,2-5,10-11,13H2,1H3,(H,24,27)/t16-,20-/m0/s1. The number of rotatable bonds is 8. The zero-order valence-electron chi connectivity index (χ0n) is 16.6. The highest BCUT2D eigenvalue weighted by Gasteiger charge is 2.23. The molecule has 1 aromatic carbocycles. The number of aromatic nitrogens is 1. The molecule has 0 radical (unpaired) electrons. The van der Waals surface area contributed by atoms with Crippen LogP contribution in [0.1, 0.15) is 36.0 Å². The number of amides is 1. The maximum atomic E-state index is 12.7. The van der Waals surface area contributed by atoms with Crippen LogP contribution in [0.2, 0.25) is 5.02 Å². The molecule has 1 fully saturated rings. The van der Waals surface area contributed by atoms with E-state index in [1.165, 1.54) is 6.20 Å². The number of pyridine rings is 1. The maximum Gasteiger partial charge on any atom is 0.252 e. The molecule has 7 heteroatoms. The van der Waals surface area contributed by atoms with Crippen molar-refractivity contribution < 1.29 is 19.4 Å². The Balaban J connectivity index is 1.77. The lowest BCUT2D eigenvalue weighted by atomic mass is 9.86. The average molecular weight is 419 g/mol. The lowest BCUT2D eigenvalue weighted by Gasteiger charge is -2.27. The molecule has 2 aromatic rings. The van der Waals surface area contributed by atoms with Crippen molar-refractivity contribution in [2.24, 2.45) is 5.92 Å². The second-order valence-corrected chi connectivity index (χ2v) is 7.68. The molecule has 6 nitrogen and oxygen atoms in total. The summed E-state index contributed by atoms with van der Waals surface area (Å²) in [6.45, 7) is 1.26. The number of methoxy groups -OCH3 is 1. The SMILES string of the molecule is COCCOc1ncc(C(=O)NC[C@@H]2CCCC[C@@H]2O)cc1-c1ccc(Cl)cc1. The van der Waals surface area contributed by atoms with Gasteiger partial charge < -0.3 is 19.9 Å². The van der Waals surface area contributed by atoms with Gasteiger partial charge in [0.15, 0.2) is 0 Å². The van der Waals surface area contributed by atoms with Crippen molar-refractivity contribution in [2.45, 2.75) is 31.8 Å². The van der Waals surface area contributed by atoms with Gasteiger partial charge in [-0.2, -0.15) is 0 Å². The summed E-state index contributed by atoms with van der Waals surface area (Å²) in [6, 6.07) is 9.07. The summed E-state index contributed by atoms with van der Waals surface area (Å²) < 4.78 is 10.8. The van der Waals surface area contributed by atoms with E-state index in [1.807, 2.05) is 12.1 Å². The Kier molecular flexibility index (Phi) is 7.86. The van der Waals surface area contributed by atoms with Gasteiger partial charge in [0.05, 0.1) is 18.3 Å². The number of hydrogen-bond donors (Lipinski definition) is 2. The molecule has 1 aromatic heterocycles. The number of halogens is 1. The third-order valence-electron chi connectivity index (χ3n) is 5.19. The third-order valence-corrected chi connectivity index (χ3v) is 5.44. The van der Waals surface area contributed by atoms with Crippen molar-refractivity contribution in [3.05, 3.63) is 47.1 Å². The van der Waals surface area contributed by atoms with Crippen LogP contribution >= 0.6 is 11.6 Å². The molecule has 1 aliphatic rings. The van der Waals surface area contributed by atoms with Gasteiger partial charge in [0.1, 0.15) is 6.61 Å². The number of aliphatic hydroxyl groups is 1. The second kappa shape index (κ2) is 10.6. The van der Waals surface area contributed by atoms with Crippen molar-refractivity contribution >= 4 is 17.5 Å². The van der Waals surface area contributed by atoms with Gasteiger partial charge in [-0.1, -0.05) is 36.6 Å². The predicted molar refractivity (Wildman–Crippen MR) is 112 cm³/mol. The molecule has 1 aliphatic carbocycles. The van der Waals surface area contributed by atoms with Gasteiger partial charge in [0.25, 0.3) is 5.91 Å². The number of benzene rings is 1. The van der Waals surface area contributed by atoms with E-state index in [9.17, 15) is 9.90 Å². The fourth-order valence-corrected chi connectivity index (χ4v) is 3.63. The largest absolute Gasteiger partial charge is 0.475 e. The van der Waals surface area contributed by atoms with Crippen LogP contribution < -0.4 is 10.1 Å². The van der Waals surface area contributed by atoms with E-state index >= 15 is 0 Å². The smallest absolute Gasteiger partial charge is 0.252 e. The number of hydrogen-bond acceptors (Lipinski definition) is 5. The van der Waals surface area contributed by atoms with Crippen molar-refractivity contribution in [3.63, 3.8) is 0 Å². The monoisotopic (exact) mass is 418 g/mol. The molecule has 29 heavy (non-hydrogen) atoms. The summed E-state index contributed by atoms with van der Waals surface area (Å²) in [6.07, 6.45) is 5.04. The first-order valence-electron chi connectivity index (χ1n) is 9.92. The first kappa shape index (κ1) is 21.6. The van der Waals surface area contributed by atoms with E-state index in [1.54, 1.807) is 25.3 Å². The number of ether oxygens (including phenoxy) is 2. The Labute approximate surface area is 176 Å². The molecule has 0 aliphatic heterocycles. The van der Waals surface area contributed by atoms with Crippen LogP contribution in [0.15, 0.2) is 36.5 Å². The van der Waals surface area contributed by atoms with E-state index < -0.39 is 0 Å². The molecule has 1 saturated carbocycles. The van der Waals surface area contributed by atoms with Gasteiger partial charge in [0, 0.05) is 36.4 Å². The highest BCUT2D eigenvalue weighted by Crippen LogP contribution is 2.30. The van der Waals surface area contributed by atoms with E-state index in [0.29, 0.717) is 41.8 Å². The van der Waals surface area contributed by atoms with E-state index in [2.05, 4.69) is 10.3 Å². The highest BCUT2D eigenvalue weighted by molar-refractivity contribution is 6.30. The quantitative estimate of drug-likeness (QED) is 0.639. The number of nitrogens with zero attached hydrogens (tertiary/aromatic N) is 1. The molecule has 0 unspecified atom stereocenters. The molecule has 0 spiro atoms. The molecule has 0 saturated heterocycles. The molecular weight excluding hydrogens is 392 g/mol. The topological polar surface area (TPSA) is 80.7 Å². The highest BCUT2D eigenvalue weighted by atomic mass is 35.5. The van der Waals surface area contributed by atoms with Gasteiger partial charge in [-0.15, -0.1) is 0 Å². The van der Waals surface area contributed by atoms with Gasteiger partial charge in [0.2, 0.25) is 5.88 Å². The van der Waals surface area contributed by atoms with Gasteiger partial charge >= 0.3 is 0 Å². The molecule has 3 rings (SSSR count). The van der Waals surface area contributed by atoms with Crippen molar-refractivity contribution in [1.29, 1.82) is 0 Å². The first-order valence-corrected chi connectivity index (χ1v) is 10.3. The number of aliphatic hydroxyl groups excluding tert-OH is 1. The van der Waals surface area contributed by atoms with Crippen LogP contribution in [-0.4, -0.2) is 49.0 Å². The minimum absolute atomic E-state index is 0.105. The zero-order chi connectivity index (χ0) is 20.6. The van der Waals surface area contributed by atoms with Crippen LogP contribution in [0.3, 0.4) is 0 Å². The fourth-order valence-electron chi connectivity index (χ4n) is 3.50. The minimum Gasteiger partial charge on any atom is -0.475 e. The Morgan fingerprint density at radius 1 is 1.24 bits per heavy atom. The summed E-state index contributed by atoms with van der Waals surface area (Å²) in [5.41, 5.74) is 2.01. The molecule has 0 bridgehead atoms. The predicted octanol–water partition coefficient (Wildman–Crippen LogP) is 3.71. The number of nitrogens with one attached hydrogen (secondary N) is 1. The fraction of sp³-hybridized carbons (Fsp3) is 0.455. The molecule has 1 amide bonds. The Morgan fingerprint density at radius 2 is 2.00 bits per heavy atom. The first-order chi connectivity index (χ1) is 14.1. The van der Waals surface area contributed by atoms with Crippen LogP contribution in [-0.2, 0) is 4.74 Å². The summed E-state index contributed by atoms with van der Waals surface area (Å²) in [7, 11) is 1.60. The summed E-state index contributed by atoms with van der Waals surface area (Å²) >= 11 is 6.00. The van der Waals surface area contributed by atoms with Crippen LogP contribution in [0.4, 0.5) is 0 Å². The Morgan fingerprint density at radius 3 is 2.72 bits per heavy atom. The van der Waals surface area contributed by atoms with Crippen LogP contribution in [0.25, 0.3) is 11.1 Å². The normalized spacial score (nSPS) is 19.0. The van der Waals surface area contributed by atoms with E-state index in [4.69, 9.17) is 21.1 Å². The maximum absolute atomic E-state index is 12.7. The molecule has 2 N–H and O–H groups in total. The molecular formula is C22H27ClN2O4. The minimum atomic E-state index is -0.344. The van der Waals surface area contributed by atoms with Crippen LogP contribution in [0.5, 0.6) is 5.88 Å². The molecule has 156 valence electrons. The van der Waals surface area contributed by atoms with E-state index in [-0.39, 0.29) is 17.9 Å². The van der Waals surface area contributed by atoms with Crippen LogP contribution in [0, 0.1) is 5.92 Å². The summed E-state index contributed by atoms with van der Waals surface area (Å²) in [5.74, 6) is 0.325. The lowest BCUT2D eigenvalue weighted by molar-refractivity contribution is 0.0663. The van der Waals surface area contributed by atoms with Gasteiger partial charge in [-0.3, -0.25) is 4.79 Å².